The molecule has 1 aliphatic heterocycles. The Morgan fingerprint density at radius 2 is 1.86 bits per heavy atom. The normalized spacial score (nSPS) is 18.9. The Kier molecular flexibility index (Phi) is 5.21. The van der Waals surface area contributed by atoms with E-state index >= 15 is 0 Å². The van der Waals surface area contributed by atoms with Gasteiger partial charge in [0.2, 0.25) is 5.91 Å². The fourth-order valence-corrected chi connectivity index (χ4v) is 3.56. The van der Waals surface area contributed by atoms with Gasteiger partial charge < -0.3 is 10.2 Å². The van der Waals surface area contributed by atoms with Gasteiger partial charge in [0.1, 0.15) is 6.17 Å². The number of benzene rings is 2. The van der Waals surface area contributed by atoms with E-state index in [-0.39, 0.29) is 18.9 Å². The quantitative estimate of drug-likeness (QED) is 0.742. The molecule has 0 saturated carbocycles. The van der Waals surface area contributed by atoms with Crippen LogP contribution in [0.25, 0.3) is 16.9 Å². The van der Waals surface area contributed by atoms with Crippen LogP contribution in [0.4, 0.5) is 4.39 Å². The maximum Gasteiger partial charge on any atom is 0.239 e. The molecule has 1 N–H and O–H groups in total. The fourth-order valence-electron chi connectivity index (χ4n) is 3.56. The van der Waals surface area contributed by atoms with Crippen molar-refractivity contribution in [3.63, 3.8) is 0 Å². The first-order valence-electron chi connectivity index (χ1n) is 9.43. The van der Waals surface area contributed by atoms with Gasteiger partial charge in [0.15, 0.2) is 0 Å². The number of hydrogen-bond acceptors (Lipinski definition) is 3. The minimum atomic E-state index is -0.955. The Bertz CT molecular complexity index is 942. The van der Waals surface area contributed by atoms with Gasteiger partial charge in [-0.25, -0.2) is 9.07 Å². The number of rotatable bonds is 5. The summed E-state index contributed by atoms with van der Waals surface area (Å²) >= 11 is 0. The van der Waals surface area contributed by atoms with Crippen LogP contribution in [-0.2, 0) is 11.3 Å². The first-order valence-corrected chi connectivity index (χ1v) is 9.43. The molecule has 4 rings (SSSR count). The van der Waals surface area contributed by atoms with Crippen LogP contribution in [0.15, 0.2) is 66.9 Å². The number of alkyl halides is 1. The summed E-state index contributed by atoms with van der Waals surface area (Å²) < 4.78 is 15.3. The molecule has 5 nitrogen and oxygen atoms in total. The number of carbonyl (C=O) groups is 1. The van der Waals surface area contributed by atoms with Crippen LogP contribution in [0.2, 0.25) is 0 Å². The summed E-state index contributed by atoms with van der Waals surface area (Å²) in [6, 6.07) is 19.3. The third-order valence-corrected chi connectivity index (χ3v) is 5.02. The second kappa shape index (κ2) is 7.94. The number of para-hydroxylation sites is 1. The van der Waals surface area contributed by atoms with Gasteiger partial charge in [-0.1, -0.05) is 48.5 Å². The van der Waals surface area contributed by atoms with Crippen molar-refractivity contribution in [2.45, 2.75) is 25.2 Å². The summed E-state index contributed by atoms with van der Waals surface area (Å²) in [4.78, 5) is 14.3. The van der Waals surface area contributed by atoms with Crippen molar-refractivity contribution < 1.29 is 9.18 Å². The number of likely N-dealkylation sites (N-methyl/N-ethyl adjacent to an activating group) is 1. The standard InChI is InChI=1S/C22H23FN4O/c1-26(22(28)20-12-18(23)13-24-20)14-17-15-27(19-10-6-3-7-11-19)25-21(17)16-8-4-2-5-9-16/h2-11,15,18,20,24H,12-14H2,1H3/t18-,20+/m0/s1. The Morgan fingerprint density at radius 1 is 1.18 bits per heavy atom. The lowest BCUT2D eigenvalue weighted by Crippen LogP contribution is -2.41. The molecule has 0 radical (unpaired) electrons. The number of hydrogen-bond donors (Lipinski definition) is 1. The molecule has 2 heterocycles. The van der Waals surface area contributed by atoms with Gasteiger partial charge in [-0.05, 0) is 12.1 Å². The zero-order valence-electron chi connectivity index (χ0n) is 15.8. The van der Waals surface area contributed by atoms with Crippen molar-refractivity contribution in [1.82, 2.24) is 20.0 Å². The first-order chi connectivity index (χ1) is 13.6. The molecule has 6 heteroatoms. The van der Waals surface area contributed by atoms with Crippen LogP contribution in [-0.4, -0.2) is 46.4 Å². The average molecular weight is 378 g/mol. The molecule has 0 unspecified atom stereocenters. The topological polar surface area (TPSA) is 50.2 Å². The molecular formula is C22H23FN4O. The predicted molar refractivity (Wildman–Crippen MR) is 107 cm³/mol. The molecule has 144 valence electrons. The lowest BCUT2D eigenvalue weighted by atomic mass is 10.1. The van der Waals surface area contributed by atoms with Gasteiger partial charge in [-0.2, -0.15) is 5.10 Å². The zero-order chi connectivity index (χ0) is 19.5. The predicted octanol–water partition coefficient (Wildman–Crippen LogP) is 3.20. The highest BCUT2D eigenvalue weighted by atomic mass is 19.1. The maximum absolute atomic E-state index is 13.5. The Balaban J connectivity index is 1.63. The van der Waals surface area contributed by atoms with E-state index < -0.39 is 12.2 Å². The average Bonchev–Trinajstić information content (AvgIpc) is 3.35. The number of amides is 1. The number of carbonyl (C=O) groups excluding carboxylic acids is 1. The van der Waals surface area contributed by atoms with E-state index in [9.17, 15) is 9.18 Å². The van der Waals surface area contributed by atoms with Crippen molar-refractivity contribution in [2.75, 3.05) is 13.6 Å². The van der Waals surface area contributed by atoms with E-state index in [4.69, 9.17) is 5.10 Å². The van der Waals surface area contributed by atoms with Crippen molar-refractivity contribution in [2.24, 2.45) is 0 Å². The van der Waals surface area contributed by atoms with Gasteiger partial charge in [-0.15, -0.1) is 0 Å². The molecule has 1 aromatic heterocycles. The van der Waals surface area contributed by atoms with Gasteiger partial charge >= 0.3 is 0 Å². The minimum Gasteiger partial charge on any atom is -0.340 e. The molecule has 0 bridgehead atoms. The largest absolute Gasteiger partial charge is 0.340 e. The monoisotopic (exact) mass is 378 g/mol. The molecule has 0 aliphatic carbocycles. The van der Waals surface area contributed by atoms with Crippen LogP contribution in [0.1, 0.15) is 12.0 Å². The molecule has 1 amide bonds. The third-order valence-electron chi connectivity index (χ3n) is 5.02. The minimum absolute atomic E-state index is 0.0911. The number of nitrogens with one attached hydrogen (secondary N) is 1. The molecule has 28 heavy (non-hydrogen) atoms. The van der Waals surface area contributed by atoms with Crippen molar-refractivity contribution >= 4 is 5.91 Å². The summed E-state index contributed by atoms with van der Waals surface area (Å²) in [6.45, 7) is 0.649. The fraction of sp³-hybridized carbons (Fsp3) is 0.273. The van der Waals surface area contributed by atoms with Crippen molar-refractivity contribution in [3.05, 3.63) is 72.4 Å². The summed E-state index contributed by atoms with van der Waals surface area (Å²) in [5.74, 6) is -0.0911. The number of halogens is 1. The first kappa shape index (κ1) is 18.4. The van der Waals surface area contributed by atoms with Gasteiger partial charge in [-0.3, -0.25) is 4.79 Å². The lowest BCUT2D eigenvalue weighted by Gasteiger charge is -2.21. The highest BCUT2D eigenvalue weighted by Crippen LogP contribution is 2.25. The highest BCUT2D eigenvalue weighted by Gasteiger charge is 2.31. The Hall–Kier alpha value is -2.99. The van der Waals surface area contributed by atoms with Gasteiger partial charge in [0.25, 0.3) is 0 Å². The zero-order valence-corrected chi connectivity index (χ0v) is 15.8. The molecule has 2 aromatic carbocycles. The number of aromatic nitrogens is 2. The third kappa shape index (κ3) is 3.82. The second-order valence-corrected chi connectivity index (χ2v) is 7.14. The smallest absolute Gasteiger partial charge is 0.239 e. The molecular weight excluding hydrogens is 355 g/mol. The summed E-state index contributed by atoms with van der Waals surface area (Å²) in [6.07, 6.45) is 1.24. The lowest BCUT2D eigenvalue weighted by molar-refractivity contribution is -0.132. The summed E-state index contributed by atoms with van der Waals surface area (Å²) in [5.41, 5.74) is 3.74. The van der Waals surface area contributed by atoms with E-state index in [2.05, 4.69) is 5.32 Å². The SMILES string of the molecule is CN(Cc1cn(-c2ccccc2)nc1-c1ccccc1)C(=O)[C@H]1C[C@H](F)CN1. The van der Waals surface area contributed by atoms with E-state index in [0.717, 1.165) is 22.5 Å². The molecule has 1 fully saturated rings. The van der Waals surface area contributed by atoms with Gasteiger partial charge in [0, 0.05) is 43.9 Å². The molecule has 3 aromatic rings. The highest BCUT2D eigenvalue weighted by molar-refractivity contribution is 5.82. The van der Waals surface area contributed by atoms with E-state index in [1.54, 1.807) is 11.9 Å². The van der Waals surface area contributed by atoms with Crippen LogP contribution in [0.3, 0.4) is 0 Å². The van der Waals surface area contributed by atoms with Crippen LogP contribution in [0, 0.1) is 0 Å². The summed E-state index contributed by atoms with van der Waals surface area (Å²) in [7, 11) is 1.75. The molecule has 2 atom stereocenters. The Labute approximate surface area is 163 Å². The van der Waals surface area contributed by atoms with E-state index in [0.29, 0.717) is 6.54 Å². The van der Waals surface area contributed by atoms with E-state index in [1.165, 1.54) is 0 Å². The van der Waals surface area contributed by atoms with E-state index in [1.807, 2.05) is 71.5 Å². The van der Waals surface area contributed by atoms with Crippen LogP contribution >= 0.6 is 0 Å². The van der Waals surface area contributed by atoms with Gasteiger partial charge in [0.05, 0.1) is 17.4 Å². The number of nitrogens with zero attached hydrogens (tertiary/aromatic N) is 3. The summed E-state index contributed by atoms with van der Waals surface area (Å²) in [5, 5.41) is 7.74. The second-order valence-electron chi connectivity index (χ2n) is 7.14. The maximum atomic E-state index is 13.5. The van der Waals surface area contributed by atoms with Crippen LogP contribution < -0.4 is 5.32 Å². The molecule has 1 saturated heterocycles. The van der Waals surface area contributed by atoms with Crippen LogP contribution in [0.5, 0.6) is 0 Å². The molecule has 1 aliphatic rings. The molecule has 0 spiro atoms. The van der Waals surface area contributed by atoms with Crippen molar-refractivity contribution in [1.29, 1.82) is 0 Å². The Morgan fingerprint density at radius 3 is 2.50 bits per heavy atom. The van der Waals surface area contributed by atoms with Crippen molar-refractivity contribution in [3.8, 4) is 16.9 Å².